The van der Waals surface area contributed by atoms with Crippen molar-refractivity contribution < 1.29 is 17.9 Å². The fourth-order valence-corrected chi connectivity index (χ4v) is 1.67. The highest BCUT2D eigenvalue weighted by atomic mass is 127. The van der Waals surface area contributed by atoms with Gasteiger partial charge < -0.3 is 9.72 Å². The van der Waals surface area contributed by atoms with E-state index in [0.717, 1.165) is 18.5 Å². The Kier molecular flexibility index (Phi) is 3.78. The lowest BCUT2D eigenvalue weighted by Gasteiger charge is -2.08. The van der Waals surface area contributed by atoms with Crippen molar-refractivity contribution >= 4 is 22.6 Å². The maximum Gasteiger partial charge on any atom is 0.416 e. The minimum Gasteiger partial charge on any atom is -0.438 e. The molecule has 1 aromatic carbocycles. The number of nitrogens with zero attached hydrogens (tertiary/aromatic N) is 1. The van der Waals surface area contributed by atoms with Gasteiger partial charge in [0.1, 0.15) is 9.32 Å². The van der Waals surface area contributed by atoms with Crippen LogP contribution >= 0.6 is 22.6 Å². The molecule has 2 rings (SSSR count). The summed E-state index contributed by atoms with van der Waals surface area (Å²) >= 11 is 1.74. The quantitative estimate of drug-likeness (QED) is 0.812. The van der Waals surface area contributed by atoms with Gasteiger partial charge in [0.2, 0.25) is 5.88 Å². The first-order chi connectivity index (χ1) is 8.88. The molecule has 0 aliphatic rings. The topological polar surface area (TPSA) is 55.0 Å². The van der Waals surface area contributed by atoms with Crippen LogP contribution in [0.1, 0.15) is 5.56 Å². The highest BCUT2D eigenvalue weighted by Crippen LogP contribution is 2.31. The molecular formula is C11H6F3IN2O2. The molecule has 4 nitrogen and oxygen atoms in total. The summed E-state index contributed by atoms with van der Waals surface area (Å²) in [5, 5.41) is 0. The number of aromatic amines is 1. The zero-order valence-corrected chi connectivity index (χ0v) is 11.3. The second-order valence-corrected chi connectivity index (χ2v) is 4.55. The molecule has 1 aromatic heterocycles. The van der Waals surface area contributed by atoms with E-state index in [1.165, 1.54) is 12.1 Å². The minimum atomic E-state index is -4.39. The third-order valence-corrected chi connectivity index (χ3v) is 3.11. The number of hydrogen-bond donors (Lipinski definition) is 1. The van der Waals surface area contributed by atoms with Crippen LogP contribution in [0.5, 0.6) is 11.6 Å². The molecule has 0 aliphatic heterocycles. The summed E-state index contributed by atoms with van der Waals surface area (Å²) < 4.78 is 42.6. The van der Waals surface area contributed by atoms with E-state index in [-0.39, 0.29) is 20.8 Å². The van der Waals surface area contributed by atoms with E-state index < -0.39 is 11.7 Å². The Hall–Kier alpha value is -1.58. The van der Waals surface area contributed by atoms with Gasteiger partial charge in [0.15, 0.2) is 0 Å². The first-order valence-electron chi connectivity index (χ1n) is 4.96. The standard InChI is InChI=1S/C11H6F3IN2O2/c12-11(13,14)6-1-3-7(4-2-6)19-10-8(15)9(18)16-5-17-10/h1-5H,(H,16,17,18). The van der Waals surface area contributed by atoms with Gasteiger partial charge in [-0.25, -0.2) is 4.98 Å². The Labute approximate surface area is 118 Å². The van der Waals surface area contributed by atoms with Crippen molar-refractivity contribution in [3.05, 3.63) is 50.1 Å². The van der Waals surface area contributed by atoms with Crippen molar-refractivity contribution in [2.24, 2.45) is 0 Å². The van der Waals surface area contributed by atoms with Gasteiger partial charge in [-0.1, -0.05) is 0 Å². The second-order valence-electron chi connectivity index (χ2n) is 3.47. The van der Waals surface area contributed by atoms with Crippen molar-refractivity contribution in [1.29, 1.82) is 0 Å². The Balaban J connectivity index is 2.25. The van der Waals surface area contributed by atoms with Crippen LogP contribution in [-0.2, 0) is 6.18 Å². The molecule has 0 atom stereocenters. The molecule has 2 aromatic rings. The number of H-pyrrole nitrogens is 1. The smallest absolute Gasteiger partial charge is 0.416 e. The molecule has 8 heteroatoms. The third kappa shape index (κ3) is 3.25. The number of rotatable bonds is 2. The highest BCUT2D eigenvalue weighted by Gasteiger charge is 2.30. The average molecular weight is 382 g/mol. The van der Waals surface area contributed by atoms with Crippen LogP contribution in [0.4, 0.5) is 13.2 Å². The summed E-state index contributed by atoms with van der Waals surface area (Å²) in [6.07, 6.45) is -3.24. The zero-order valence-electron chi connectivity index (χ0n) is 9.16. The number of aromatic nitrogens is 2. The molecule has 0 unspecified atom stereocenters. The molecule has 100 valence electrons. The number of hydrogen-bond acceptors (Lipinski definition) is 3. The average Bonchev–Trinajstić information content (AvgIpc) is 2.35. The summed E-state index contributed by atoms with van der Waals surface area (Å²) in [5.41, 5.74) is -1.15. The van der Waals surface area contributed by atoms with E-state index in [1.54, 1.807) is 22.6 Å². The highest BCUT2D eigenvalue weighted by molar-refractivity contribution is 14.1. The van der Waals surface area contributed by atoms with Gasteiger partial charge in [-0.15, -0.1) is 0 Å². The van der Waals surface area contributed by atoms with Crippen LogP contribution in [-0.4, -0.2) is 9.97 Å². The first kappa shape index (κ1) is 13.8. The van der Waals surface area contributed by atoms with Crippen LogP contribution in [0.2, 0.25) is 0 Å². The van der Waals surface area contributed by atoms with E-state index in [1.807, 2.05) is 0 Å². The molecule has 0 radical (unpaired) electrons. The lowest BCUT2D eigenvalue weighted by molar-refractivity contribution is -0.137. The Morgan fingerprint density at radius 3 is 2.42 bits per heavy atom. The van der Waals surface area contributed by atoms with Crippen molar-refractivity contribution in [3.8, 4) is 11.6 Å². The monoisotopic (exact) mass is 382 g/mol. The largest absolute Gasteiger partial charge is 0.438 e. The van der Waals surface area contributed by atoms with E-state index in [0.29, 0.717) is 0 Å². The van der Waals surface area contributed by atoms with Crippen molar-refractivity contribution in [1.82, 2.24) is 9.97 Å². The minimum absolute atomic E-state index is 0.0455. The molecule has 0 saturated carbocycles. The van der Waals surface area contributed by atoms with Crippen LogP contribution < -0.4 is 10.3 Å². The van der Waals surface area contributed by atoms with Crippen LogP contribution in [0.25, 0.3) is 0 Å². The lowest BCUT2D eigenvalue weighted by Crippen LogP contribution is -2.11. The third-order valence-electron chi connectivity index (χ3n) is 2.16. The molecule has 0 bridgehead atoms. The van der Waals surface area contributed by atoms with E-state index in [4.69, 9.17) is 4.74 Å². The van der Waals surface area contributed by atoms with Crippen LogP contribution in [0, 0.1) is 3.57 Å². The van der Waals surface area contributed by atoms with E-state index in [9.17, 15) is 18.0 Å². The van der Waals surface area contributed by atoms with Crippen molar-refractivity contribution in [3.63, 3.8) is 0 Å². The summed E-state index contributed by atoms with van der Waals surface area (Å²) in [6.45, 7) is 0. The normalized spacial score (nSPS) is 11.4. The molecule has 0 aliphatic carbocycles. The Bertz CT molecular complexity index is 638. The number of nitrogens with one attached hydrogen (secondary N) is 1. The summed E-state index contributed by atoms with van der Waals surface area (Å²) in [4.78, 5) is 17.4. The van der Waals surface area contributed by atoms with Gasteiger partial charge in [0.05, 0.1) is 11.9 Å². The van der Waals surface area contributed by atoms with Gasteiger partial charge >= 0.3 is 6.18 Å². The second kappa shape index (κ2) is 5.19. The molecule has 0 fully saturated rings. The molecule has 0 spiro atoms. The number of benzene rings is 1. The first-order valence-corrected chi connectivity index (χ1v) is 6.04. The predicted octanol–water partition coefficient (Wildman–Crippen LogP) is 3.19. The number of halogens is 4. The van der Waals surface area contributed by atoms with Gasteiger partial charge in [-0.05, 0) is 46.9 Å². The number of alkyl halides is 3. The van der Waals surface area contributed by atoms with Gasteiger partial charge in [0.25, 0.3) is 5.56 Å². The molecule has 1 N–H and O–H groups in total. The summed E-state index contributed by atoms with van der Waals surface area (Å²) in [5.74, 6) is 0.216. The molecule has 0 saturated heterocycles. The van der Waals surface area contributed by atoms with Gasteiger partial charge in [-0.2, -0.15) is 13.2 Å². The molecular weight excluding hydrogens is 376 g/mol. The molecule has 0 amide bonds. The van der Waals surface area contributed by atoms with E-state index in [2.05, 4.69) is 9.97 Å². The lowest BCUT2D eigenvalue weighted by atomic mass is 10.2. The fraction of sp³-hybridized carbons (Fsp3) is 0.0909. The van der Waals surface area contributed by atoms with Gasteiger partial charge in [0, 0.05) is 0 Å². The number of ether oxygens (including phenoxy) is 1. The van der Waals surface area contributed by atoms with Crippen molar-refractivity contribution in [2.45, 2.75) is 6.18 Å². The molecule has 19 heavy (non-hydrogen) atoms. The Morgan fingerprint density at radius 2 is 1.84 bits per heavy atom. The Morgan fingerprint density at radius 1 is 1.21 bits per heavy atom. The van der Waals surface area contributed by atoms with Crippen LogP contribution in [0.15, 0.2) is 35.4 Å². The zero-order chi connectivity index (χ0) is 14.0. The SMILES string of the molecule is O=c1[nH]cnc(Oc2ccc(C(F)(F)F)cc2)c1I. The molecule has 1 heterocycles. The maximum absolute atomic E-state index is 12.4. The van der Waals surface area contributed by atoms with E-state index >= 15 is 0 Å². The maximum atomic E-state index is 12.4. The fourth-order valence-electron chi connectivity index (χ4n) is 1.26. The van der Waals surface area contributed by atoms with Gasteiger partial charge in [-0.3, -0.25) is 4.79 Å². The van der Waals surface area contributed by atoms with Crippen molar-refractivity contribution in [2.75, 3.05) is 0 Å². The summed E-state index contributed by atoms with van der Waals surface area (Å²) in [6, 6.07) is 4.13. The summed E-state index contributed by atoms with van der Waals surface area (Å²) in [7, 11) is 0. The van der Waals surface area contributed by atoms with Crippen LogP contribution in [0.3, 0.4) is 0 Å². The predicted molar refractivity (Wildman–Crippen MR) is 69.1 cm³/mol.